The van der Waals surface area contributed by atoms with Crippen molar-refractivity contribution in [3.63, 3.8) is 0 Å². The summed E-state index contributed by atoms with van der Waals surface area (Å²) in [6, 6.07) is 22.2. The van der Waals surface area contributed by atoms with Crippen molar-refractivity contribution >= 4 is 25.3 Å². The van der Waals surface area contributed by atoms with Crippen LogP contribution in [0.3, 0.4) is 0 Å². The number of rotatable bonds is 2. The normalized spacial score (nSPS) is 10.7. The van der Waals surface area contributed by atoms with Gasteiger partial charge in [-0.3, -0.25) is 0 Å². The van der Waals surface area contributed by atoms with Gasteiger partial charge in [-0.2, -0.15) is 12.1 Å². The number of aryl methyl sites for hydroxylation is 2. The van der Waals surface area contributed by atoms with E-state index in [0.29, 0.717) is 11.8 Å². The van der Waals surface area contributed by atoms with Crippen LogP contribution in [0.2, 0.25) is 0 Å². The predicted molar refractivity (Wildman–Crippen MR) is 131 cm³/mol. The molecule has 0 atom stereocenters. The van der Waals surface area contributed by atoms with Gasteiger partial charge in [0.2, 0.25) is 0 Å². The van der Waals surface area contributed by atoms with Gasteiger partial charge in [0.25, 0.3) is 0 Å². The monoisotopic (exact) mass is 498 g/mol. The molecule has 0 N–H and O–H groups in total. The molecule has 31 heavy (non-hydrogen) atoms. The summed E-state index contributed by atoms with van der Waals surface area (Å²) in [5.74, 6) is 1.23. The number of fused-ring (bicyclic) bond motifs is 2. The molecular weight excluding hydrogens is 466 g/mol. The molecule has 0 aromatic heterocycles. The smallest absolute Gasteiger partial charge is 0.0308 e. The van der Waals surface area contributed by atoms with Crippen LogP contribution in [0, 0.1) is 13.8 Å². The van der Waals surface area contributed by atoms with Crippen LogP contribution in [0.15, 0.2) is 60.7 Å². The summed E-state index contributed by atoms with van der Waals surface area (Å²) in [4.78, 5) is 0. The van der Waals surface area contributed by atoms with E-state index in [4.69, 9.17) is 0 Å². The molecule has 0 spiro atoms. The molecule has 3 heteroatoms. The molecule has 0 bridgehead atoms. The Morgan fingerprint density at radius 2 is 1.10 bits per heavy atom. The Morgan fingerprint density at radius 3 is 1.39 bits per heavy atom. The molecule has 4 rings (SSSR count). The van der Waals surface area contributed by atoms with Gasteiger partial charge < -0.3 is 0 Å². The van der Waals surface area contributed by atoms with Crippen LogP contribution in [0.25, 0.3) is 21.5 Å². The maximum absolute atomic E-state index is 10.9. The zero-order valence-electron chi connectivity index (χ0n) is 19.8. The van der Waals surface area contributed by atoms with Crippen LogP contribution in [0.4, 0.5) is 5.25 Å². The van der Waals surface area contributed by atoms with E-state index in [-0.39, 0.29) is 0 Å². The van der Waals surface area contributed by atoms with Gasteiger partial charge in [0.05, 0.1) is 0 Å². The summed E-state index contributed by atoms with van der Waals surface area (Å²) in [6.45, 7) is 14.7. The average Bonchev–Trinajstić information content (AvgIpc) is 3.28. The standard InChI is InChI=1S/2C13H15.C2H4.2FH.Zr/c2*1-9(2)12-6-4-5-11-7-10(3)8-13(11)12;1-2;;;/h2*4-9H,1-3H3;1H,2H3;2*1H;/q2*-1;;;;+2/p-2. The second-order valence-corrected chi connectivity index (χ2v) is 11.5. The fourth-order valence-corrected chi connectivity index (χ4v) is 3.82. The Kier molecular flexibility index (Phi) is 9.69. The molecular formula is C28H34F2Zr-2. The Bertz CT molecular complexity index is 1050. The van der Waals surface area contributed by atoms with E-state index in [2.05, 4.69) is 102 Å². The van der Waals surface area contributed by atoms with E-state index >= 15 is 0 Å². The van der Waals surface area contributed by atoms with E-state index in [1.165, 1.54) is 50.7 Å². The summed E-state index contributed by atoms with van der Waals surface area (Å²) in [7, 11) is 0. The van der Waals surface area contributed by atoms with Gasteiger partial charge in [-0.05, 0) is 11.8 Å². The molecule has 0 amide bonds. The Labute approximate surface area is 195 Å². The fraction of sp³-hybridized carbons (Fsp3) is 0.321. The first-order valence-electron chi connectivity index (χ1n) is 10.9. The van der Waals surface area contributed by atoms with E-state index in [0.717, 1.165) is 3.71 Å². The van der Waals surface area contributed by atoms with E-state index in [1.54, 1.807) is 0 Å². The molecule has 4 aromatic rings. The Hall–Kier alpha value is -1.73. The molecule has 0 nitrogen and oxygen atoms in total. The molecule has 0 saturated carbocycles. The van der Waals surface area contributed by atoms with Gasteiger partial charge in [0.1, 0.15) is 0 Å². The molecule has 0 aliphatic rings. The van der Waals surface area contributed by atoms with Crippen LogP contribution in [-0.2, 0) is 22.5 Å². The quantitative estimate of drug-likeness (QED) is 0.241. The minimum absolute atomic E-state index is 0.616. The second-order valence-electron chi connectivity index (χ2n) is 8.65. The zero-order chi connectivity index (χ0) is 23.1. The van der Waals surface area contributed by atoms with Crippen LogP contribution in [0.1, 0.15) is 68.7 Å². The van der Waals surface area contributed by atoms with Gasteiger partial charge in [-0.15, -0.1) is 69.1 Å². The minimum atomic E-state index is -3.70. The van der Waals surface area contributed by atoms with Crippen molar-refractivity contribution in [3.05, 3.63) is 82.9 Å². The van der Waals surface area contributed by atoms with Gasteiger partial charge in [0.15, 0.2) is 0 Å². The number of hydrogen-bond acceptors (Lipinski definition) is 0. The Balaban J connectivity index is 0.000000182. The van der Waals surface area contributed by atoms with Crippen LogP contribution >= 0.6 is 0 Å². The molecule has 0 radical (unpaired) electrons. The van der Waals surface area contributed by atoms with Crippen molar-refractivity contribution in [2.45, 2.75) is 60.3 Å². The molecule has 166 valence electrons. The van der Waals surface area contributed by atoms with Crippen molar-refractivity contribution in [1.82, 2.24) is 0 Å². The number of halogens is 2. The van der Waals surface area contributed by atoms with Crippen molar-refractivity contribution in [2.75, 3.05) is 0 Å². The van der Waals surface area contributed by atoms with E-state index in [9.17, 15) is 5.25 Å². The van der Waals surface area contributed by atoms with Crippen molar-refractivity contribution in [2.24, 2.45) is 0 Å². The van der Waals surface area contributed by atoms with Crippen LogP contribution in [-0.4, -0.2) is 3.71 Å². The molecule has 0 aliphatic carbocycles. The first-order chi connectivity index (χ1) is 14.6. The second kappa shape index (κ2) is 11.8. The van der Waals surface area contributed by atoms with Crippen molar-refractivity contribution in [1.29, 1.82) is 0 Å². The van der Waals surface area contributed by atoms with E-state index in [1.807, 2.05) is 0 Å². The van der Waals surface area contributed by atoms with Crippen LogP contribution in [0.5, 0.6) is 0 Å². The minimum Gasteiger partial charge on any atom is -0.165 e. The summed E-state index contributed by atoms with van der Waals surface area (Å²) in [6.07, 6.45) is 0. The largest absolute Gasteiger partial charge is 0.165 e. The summed E-state index contributed by atoms with van der Waals surface area (Å²) in [5, 5.41) is 5.61. The van der Waals surface area contributed by atoms with Gasteiger partial charge in [-0.1, -0.05) is 64.8 Å². The molecule has 4 aromatic carbocycles. The Morgan fingerprint density at radius 1 is 0.742 bits per heavy atom. The summed E-state index contributed by atoms with van der Waals surface area (Å²) >= 11 is -3.70. The number of hydrogen-bond donors (Lipinski definition) is 0. The molecule has 0 saturated heterocycles. The molecule has 0 aliphatic heterocycles. The third-order valence-electron chi connectivity index (χ3n) is 5.32. The first-order valence-corrected chi connectivity index (χ1v) is 14.2. The molecule has 0 heterocycles. The molecule has 0 unspecified atom stereocenters. The third kappa shape index (κ3) is 7.14. The maximum atomic E-state index is 10.9. The topological polar surface area (TPSA) is 0 Å². The fourth-order valence-electron chi connectivity index (χ4n) is 3.82. The average molecular weight is 500 g/mol. The van der Waals surface area contributed by atoms with Crippen molar-refractivity contribution < 1.29 is 27.7 Å². The molecule has 0 fully saturated rings. The maximum Gasteiger partial charge on any atom is -0.0308 e. The van der Waals surface area contributed by atoms with Gasteiger partial charge in [0, 0.05) is 0 Å². The van der Waals surface area contributed by atoms with Crippen LogP contribution < -0.4 is 0 Å². The summed E-state index contributed by atoms with van der Waals surface area (Å²) in [5.41, 5.74) is 5.66. The first kappa shape index (κ1) is 25.5. The van der Waals surface area contributed by atoms with Gasteiger partial charge >= 0.3 is 38.4 Å². The van der Waals surface area contributed by atoms with E-state index < -0.39 is 22.5 Å². The SMILES string of the molecule is C[CH]=[Zr]([F])[F].Cc1cc2c(C(C)C)cccc2[cH-]1.Cc1cc2c(C(C)C)cccc2[cH-]1. The van der Waals surface area contributed by atoms with Gasteiger partial charge in [-0.25, -0.2) is 0 Å². The third-order valence-corrected chi connectivity index (χ3v) is 6.39. The number of benzene rings is 2. The van der Waals surface area contributed by atoms with Crippen molar-refractivity contribution in [3.8, 4) is 0 Å². The predicted octanol–water partition coefficient (Wildman–Crippen LogP) is 9.18. The summed E-state index contributed by atoms with van der Waals surface area (Å²) < 4.78 is 22.8. The zero-order valence-corrected chi connectivity index (χ0v) is 22.2.